The Hall–Kier alpha value is -4.26. The van der Waals surface area contributed by atoms with Crippen molar-refractivity contribution < 1.29 is 14.3 Å². The smallest absolute Gasteiger partial charge is 0.337 e. The zero-order chi connectivity index (χ0) is 24.4. The fourth-order valence-electron chi connectivity index (χ4n) is 4.62. The topological polar surface area (TPSA) is 75.6 Å². The van der Waals surface area contributed by atoms with Crippen LogP contribution in [-0.4, -0.2) is 59.8 Å². The maximum atomic E-state index is 12.9. The van der Waals surface area contributed by atoms with E-state index in [4.69, 9.17) is 4.74 Å². The van der Waals surface area contributed by atoms with Crippen LogP contribution in [0.3, 0.4) is 0 Å². The number of fused-ring (bicyclic) bond motifs is 1. The summed E-state index contributed by atoms with van der Waals surface area (Å²) in [4.78, 5) is 28.9. The molecule has 5 rings (SSSR count). The molecule has 3 aromatic carbocycles. The van der Waals surface area contributed by atoms with Gasteiger partial charge < -0.3 is 14.5 Å². The Labute approximate surface area is 204 Å². The van der Waals surface area contributed by atoms with Crippen LogP contribution < -0.4 is 4.90 Å². The van der Waals surface area contributed by atoms with E-state index >= 15 is 0 Å². The van der Waals surface area contributed by atoms with Gasteiger partial charge in [0.1, 0.15) is 5.69 Å². The van der Waals surface area contributed by atoms with Crippen molar-refractivity contribution in [2.24, 2.45) is 0 Å². The summed E-state index contributed by atoms with van der Waals surface area (Å²) in [7, 11) is 1.37. The highest BCUT2D eigenvalue weighted by molar-refractivity contribution is 6.01. The lowest BCUT2D eigenvalue weighted by Crippen LogP contribution is -2.54. The van der Waals surface area contributed by atoms with Crippen molar-refractivity contribution in [2.45, 2.75) is 13.0 Å². The summed E-state index contributed by atoms with van der Waals surface area (Å²) in [5, 5.41) is 11.2. The van der Waals surface area contributed by atoms with Crippen LogP contribution in [0.5, 0.6) is 0 Å². The first kappa shape index (κ1) is 22.5. The minimum atomic E-state index is -0.373. The monoisotopic (exact) mass is 466 g/mol. The van der Waals surface area contributed by atoms with Gasteiger partial charge in [-0.05, 0) is 31.2 Å². The van der Waals surface area contributed by atoms with Crippen molar-refractivity contribution in [2.75, 3.05) is 31.6 Å². The molecular formula is C28H26N4O3. The number of ether oxygens (including phenoxy) is 1. The van der Waals surface area contributed by atoms with Gasteiger partial charge in [0.15, 0.2) is 5.82 Å². The molecule has 0 N–H and O–H groups in total. The van der Waals surface area contributed by atoms with Crippen LogP contribution in [0.1, 0.15) is 27.6 Å². The summed E-state index contributed by atoms with van der Waals surface area (Å²) in [5.74, 6) is 0.496. The summed E-state index contributed by atoms with van der Waals surface area (Å²) in [5.41, 5.74) is 2.83. The van der Waals surface area contributed by atoms with Gasteiger partial charge in [0.05, 0.1) is 12.7 Å². The molecule has 2 heterocycles. The number of anilines is 1. The Bertz CT molecular complexity index is 1370. The largest absolute Gasteiger partial charge is 0.465 e. The highest BCUT2D eigenvalue weighted by Crippen LogP contribution is 2.33. The minimum Gasteiger partial charge on any atom is -0.465 e. The van der Waals surface area contributed by atoms with Crippen molar-refractivity contribution in [3.63, 3.8) is 0 Å². The van der Waals surface area contributed by atoms with Gasteiger partial charge in [-0.15, -0.1) is 10.2 Å². The van der Waals surface area contributed by atoms with Crippen LogP contribution in [0.25, 0.3) is 22.0 Å². The summed E-state index contributed by atoms with van der Waals surface area (Å²) < 4.78 is 4.80. The number of rotatable bonds is 4. The lowest BCUT2D eigenvalue weighted by atomic mass is 10.0. The predicted octanol–water partition coefficient (Wildman–Crippen LogP) is 4.43. The fourth-order valence-corrected chi connectivity index (χ4v) is 4.62. The third-order valence-corrected chi connectivity index (χ3v) is 6.45. The van der Waals surface area contributed by atoms with E-state index in [2.05, 4.69) is 28.1 Å². The average Bonchev–Trinajstić information content (AvgIpc) is 2.92. The zero-order valence-corrected chi connectivity index (χ0v) is 19.7. The zero-order valence-electron chi connectivity index (χ0n) is 19.7. The van der Waals surface area contributed by atoms with E-state index in [1.807, 2.05) is 65.6 Å². The molecule has 0 radical (unpaired) electrons. The Morgan fingerprint density at radius 3 is 2.20 bits per heavy atom. The van der Waals surface area contributed by atoms with Crippen molar-refractivity contribution in [3.05, 3.63) is 90.0 Å². The molecule has 0 saturated carbocycles. The van der Waals surface area contributed by atoms with Crippen molar-refractivity contribution >= 4 is 28.5 Å². The van der Waals surface area contributed by atoms with E-state index in [0.717, 1.165) is 27.8 Å². The third kappa shape index (κ3) is 4.33. The van der Waals surface area contributed by atoms with Crippen LogP contribution >= 0.6 is 0 Å². The molecule has 1 saturated heterocycles. The van der Waals surface area contributed by atoms with Gasteiger partial charge in [0.25, 0.3) is 5.91 Å². The Balaban J connectivity index is 1.43. The molecule has 1 aromatic heterocycles. The number of carbonyl (C=O) groups excluding carboxylic acids is 2. The lowest BCUT2D eigenvalue weighted by molar-refractivity contribution is 0.0600. The molecule has 1 unspecified atom stereocenters. The molecule has 4 aromatic rings. The molecular weight excluding hydrogens is 440 g/mol. The van der Waals surface area contributed by atoms with Gasteiger partial charge in [-0.3, -0.25) is 4.79 Å². The summed E-state index contributed by atoms with van der Waals surface area (Å²) in [6, 6.07) is 24.7. The second-order valence-electron chi connectivity index (χ2n) is 8.65. The third-order valence-electron chi connectivity index (χ3n) is 6.45. The number of benzene rings is 3. The Kier molecular flexibility index (Phi) is 6.14. The Morgan fingerprint density at radius 1 is 0.829 bits per heavy atom. The second kappa shape index (κ2) is 9.54. The van der Waals surface area contributed by atoms with Crippen LogP contribution in [-0.2, 0) is 4.74 Å². The highest BCUT2D eigenvalue weighted by Gasteiger charge is 2.29. The second-order valence-corrected chi connectivity index (χ2v) is 8.65. The van der Waals surface area contributed by atoms with Gasteiger partial charge in [-0.1, -0.05) is 54.6 Å². The predicted molar refractivity (Wildman–Crippen MR) is 135 cm³/mol. The van der Waals surface area contributed by atoms with Gasteiger partial charge in [0.2, 0.25) is 0 Å². The summed E-state index contributed by atoms with van der Waals surface area (Å²) in [6.45, 7) is 4.01. The molecule has 0 spiro atoms. The molecule has 35 heavy (non-hydrogen) atoms. The number of piperazine rings is 1. The van der Waals surface area contributed by atoms with E-state index < -0.39 is 0 Å². The van der Waals surface area contributed by atoms with Crippen LogP contribution in [0.4, 0.5) is 5.82 Å². The van der Waals surface area contributed by atoms with Crippen molar-refractivity contribution in [1.82, 2.24) is 15.1 Å². The van der Waals surface area contributed by atoms with E-state index in [0.29, 0.717) is 30.8 Å². The van der Waals surface area contributed by atoms with Gasteiger partial charge in [-0.25, -0.2) is 4.79 Å². The fraction of sp³-hybridized carbons (Fsp3) is 0.214. The number of methoxy groups -OCH3 is 1. The van der Waals surface area contributed by atoms with E-state index in [9.17, 15) is 9.59 Å². The van der Waals surface area contributed by atoms with Crippen molar-refractivity contribution in [3.8, 4) is 11.3 Å². The standard InChI is InChI=1S/C28H26N4O3/c1-19-18-31(27(33)21-8-4-3-5-9-21)16-17-32(19)26-24-11-7-6-10-23(24)25(29-30-26)20-12-14-22(15-13-20)28(34)35-2/h3-15,19H,16-18H2,1-2H3. The molecule has 0 aliphatic carbocycles. The minimum absolute atomic E-state index is 0.0544. The molecule has 176 valence electrons. The molecule has 1 amide bonds. The molecule has 1 atom stereocenters. The quantitative estimate of drug-likeness (QED) is 0.414. The molecule has 0 bridgehead atoms. The van der Waals surface area contributed by atoms with Gasteiger partial charge in [0, 0.05) is 47.6 Å². The first-order valence-electron chi connectivity index (χ1n) is 11.6. The molecule has 1 aliphatic heterocycles. The SMILES string of the molecule is COC(=O)c1ccc(-c2nnc(N3CCN(C(=O)c4ccccc4)CC3C)c3ccccc23)cc1. The summed E-state index contributed by atoms with van der Waals surface area (Å²) in [6.07, 6.45) is 0. The molecule has 1 aliphatic rings. The number of aromatic nitrogens is 2. The van der Waals surface area contributed by atoms with E-state index in [1.165, 1.54) is 7.11 Å². The van der Waals surface area contributed by atoms with Gasteiger partial charge in [-0.2, -0.15) is 0 Å². The number of amides is 1. The number of carbonyl (C=O) groups is 2. The van der Waals surface area contributed by atoms with Crippen LogP contribution in [0, 0.1) is 0 Å². The first-order valence-corrected chi connectivity index (χ1v) is 11.6. The Morgan fingerprint density at radius 2 is 1.51 bits per heavy atom. The van der Waals surface area contributed by atoms with Crippen LogP contribution in [0.15, 0.2) is 78.9 Å². The highest BCUT2D eigenvalue weighted by atomic mass is 16.5. The normalized spacial score (nSPS) is 15.8. The maximum Gasteiger partial charge on any atom is 0.337 e. The maximum absolute atomic E-state index is 12.9. The number of esters is 1. The summed E-state index contributed by atoms with van der Waals surface area (Å²) >= 11 is 0. The van der Waals surface area contributed by atoms with Crippen LogP contribution in [0.2, 0.25) is 0 Å². The number of hydrogen-bond acceptors (Lipinski definition) is 6. The number of nitrogens with zero attached hydrogens (tertiary/aromatic N) is 4. The lowest BCUT2D eigenvalue weighted by Gasteiger charge is -2.40. The van der Waals surface area contributed by atoms with Crippen molar-refractivity contribution in [1.29, 1.82) is 0 Å². The van der Waals surface area contributed by atoms with E-state index in [-0.39, 0.29) is 17.9 Å². The average molecular weight is 467 g/mol. The number of hydrogen-bond donors (Lipinski definition) is 0. The van der Waals surface area contributed by atoms with Gasteiger partial charge >= 0.3 is 5.97 Å². The first-order chi connectivity index (χ1) is 17.1. The molecule has 1 fully saturated rings. The molecule has 7 nitrogen and oxygen atoms in total. The van der Waals surface area contributed by atoms with E-state index in [1.54, 1.807) is 12.1 Å². The molecule has 7 heteroatoms.